The van der Waals surface area contributed by atoms with Crippen molar-refractivity contribution in [2.45, 2.75) is 26.3 Å². The van der Waals surface area contributed by atoms with Gasteiger partial charge >= 0.3 is 5.97 Å². The van der Waals surface area contributed by atoms with Crippen LogP contribution in [-0.2, 0) is 9.53 Å². The van der Waals surface area contributed by atoms with E-state index in [-0.39, 0.29) is 5.97 Å². The minimum atomic E-state index is -0.304. The summed E-state index contributed by atoms with van der Waals surface area (Å²) in [5, 5.41) is 3.24. The topological polar surface area (TPSA) is 38.3 Å². The summed E-state index contributed by atoms with van der Waals surface area (Å²) < 4.78 is 4.83. The van der Waals surface area contributed by atoms with Crippen molar-refractivity contribution in [3.8, 4) is 0 Å². The number of rotatable bonds is 8. The fraction of sp³-hybridized carbons (Fsp3) is 0.727. The molecule has 0 aliphatic rings. The normalized spacial score (nSPS) is 12.2. The van der Waals surface area contributed by atoms with Crippen LogP contribution in [0.25, 0.3) is 0 Å². The summed E-state index contributed by atoms with van der Waals surface area (Å²) >= 11 is 1.82. The van der Waals surface area contributed by atoms with Gasteiger partial charge in [0, 0.05) is 18.2 Å². The van der Waals surface area contributed by atoms with E-state index in [0.29, 0.717) is 24.8 Å². The Hall–Kier alpha value is -0.480. The Morgan fingerprint density at radius 3 is 2.80 bits per heavy atom. The van der Waals surface area contributed by atoms with E-state index in [4.69, 9.17) is 4.74 Å². The molecule has 0 saturated carbocycles. The maximum atomic E-state index is 11.2. The van der Waals surface area contributed by atoms with Crippen LogP contribution >= 0.6 is 11.8 Å². The summed E-state index contributed by atoms with van der Waals surface area (Å²) in [5.74, 6) is 0.821. The largest absolute Gasteiger partial charge is 0.463 e. The first-order valence-corrected chi connectivity index (χ1v) is 6.58. The average Bonchev–Trinajstić information content (AvgIpc) is 2.23. The lowest BCUT2D eigenvalue weighted by atomic mass is 10.2. The van der Waals surface area contributed by atoms with Crippen molar-refractivity contribution < 1.29 is 9.53 Å². The molecule has 4 heteroatoms. The zero-order valence-corrected chi connectivity index (χ0v) is 10.7. The molecule has 0 aromatic rings. The van der Waals surface area contributed by atoms with Gasteiger partial charge in [0.15, 0.2) is 0 Å². The zero-order valence-electron chi connectivity index (χ0n) is 9.84. The van der Waals surface area contributed by atoms with Crippen LogP contribution in [0, 0.1) is 0 Å². The summed E-state index contributed by atoms with van der Waals surface area (Å²) in [7, 11) is 0. The lowest BCUT2D eigenvalue weighted by molar-refractivity contribution is -0.138. The smallest absolute Gasteiger partial charge is 0.334 e. The molecule has 0 aromatic heterocycles. The number of thioether (sulfide) groups is 1. The van der Waals surface area contributed by atoms with Gasteiger partial charge in [-0.25, -0.2) is 4.79 Å². The molecule has 88 valence electrons. The zero-order chi connectivity index (χ0) is 11.7. The van der Waals surface area contributed by atoms with Crippen LogP contribution in [0.3, 0.4) is 0 Å². The van der Waals surface area contributed by atoms with E-state index in [1.807, 2.05) is 11.8 Å². The number of carbonyl (C=O) groups excluding carboxylic acids is 1. The molecule has 0 rings (SSSR count). The highest BCUT2D eigenvalue weighted by atomic mass is 32.2. The van der Waals surface area contributed by atoms with E-state index in [1.165, 1.54) is 0 Å². The summed E-state index contributed by atoms with van der Waals surface area (Å²) in [5.41, 5.74) is 0.493. The van der Waals surface area contributed by atoms with Gasteiger partial charge in [-0.15, -0.1) is 0 Å². The highest BCUT2D eigenvalue weighted by Crippen LogP contribution is 2.01. The molecule has 15 heavy (non-hydrogen) atoms. The minimum absolute atomic E-state index is 0.304. The molecule has 1 N–H and O–H groups in total. The van der Waals surface area contributed by atoms with E-state index >= 15 is 0 Å². The second kappa shape index (κ2) is 8.80. The van der Waals surface area contributed by atoms with Crippen LogP contribution < -0.4 is 5.32 Å². The number of hydrogen-bond donors (Lipinski definition) is 1. The Kier molecular flexibility index (Phi) is 8.52. The van der Waals surface area contributed by atoms with Gasteiger partial charge < -0.3 is 10.1 Å². The van der Waals surface area contributed by atoms with E-state index in [9.17, 15) is 4.79 Å². The molecule has 1 unspecified atom stereocenters. The fourth-order valence-electron chi connectivity index (χ4n) is 0.999. The van der Waals surface area contributed by atoms with Crippen molar-refractivity contribution >= 4 is 17.7 Å². The number of ether oxygens (including phenoxy) is 1. The first kappa shape index (κ1) is 14.5. The molecule has 0 spiro atoms. The van der Waals surface area contributed by atoms with Crippen molar-refractivity contribution in [2.75, 3.05) is 25.2 Å². The van der Waals surface area contributed by atoms with Crippen LogP contribution in [0.1, 0.15) is 20.3 Å². The molecular formula is C11H21NO2S. The number of nitrogens with one attached hydrogen (secondary N) is 1. The maximum Gasteiger partial charge on any atom is 0.334 e. The Balaban J connectivity index is 3.65. The number of carbonyl (C=O) groups is 1. The van der Waals surface area contributed by atoms with Crippen molar-refractivity contribution in [2.24, 2.45) is 0 Å². The van der Waals surface area contributed by atoms with Crippen molar-refractivity contribution in [3.63, 3.8) is 0 Å². The molecule has 0 aromatic carbocycles. The fourth-order valence-corrected chi connectivity index (χ4v) is 1.59. The predicted molar refractivity (Wildman–Crippen MR) is 66.2 cm³/mol. The monoisotopic (exact) mass is 231 g/mol. The van der Waals surface area contributed by atoms with Gasteiger partial charge in [0.2, 0.25) is 0 Å². The lowest BCUT2D eigenvalue weighted by Gasteiger charge is -2.13. The van der Waals surface area contributed by atoms with Gasteiger partial charge in [0.25, 0.3) is 0 Å². The molecule has 0 saturated heterocycles. The van der Waals surface area contributed by atoms with Crippen molar-refractivity contribution in [3.05, 3.63) is 12.2 Å². The Morgan fingerprint density at radius 2 is 2.27 bits per heavy atom. The molecule has 0 heterocycles. The van der Waals surface area contributed by atoms with Gasteiger partial charge in [-0.05, 0) is 32.3 Å². The molecule has 0 bridgehead atoms. The SMILES string of the molecule is C=C(CNC(C)CCSC)C(=O)OCC. The Bertz CT molecular complexity index is 207. The van der Waals surface area contributed by atoms with Crippen LogP contribution in [-0.4, -0.2) is 37.2 Å². The Labute approximate surface area is 96.6 Å². The number of hydrogen-bond acceptors (Lipinski definition) is 4. The van der Waals surface area contributed by atoms with Crippen molar-refractivity contribution in [1.82, 2.24) is 5.32 Å². The average molecular weight is 231 g/mol. The highest BCUT2D eigenvalue weighted by molar-refractivity contribution is 7.98. The predicted octanol–water partition coefficient (Wildman–Crippen LogP) is 1.84. The second-order valence-electron chi connectivity index (χ2n) is 3.39. The Morgan fingerprint density at radius 1 is 1.60 bits per heavy atom. The standard InChI is InChI=1S/C11H21NO2S/c1-5-14-11(13)9(2)8-12-10(3)6-7-15-4/h10,12H,2,5-8H2,1,3-4H3. The maximum absolute atomic E-state index is 11.2. The van der Waals surface area contributed by atoms with Crippen LogP contribution in [0.4, 0.5) is 0 Å². The van der Waals surface area contributed by atoms with Crippen molar-refractivity contribution in [1.29, 1.82) is 0 Å². The van der Waals surface area contributed by atoms with E-state index in [0.717, 1.165) is 12.2 Å². The summed E-state index contributed by atoms with van der Waals surface area (Å²) in [4.78, 5) is 11.2. The van der Waals surface area contributed by atoms with Crippen LogP contribution in [0.2, 0.25) is 0 Å². The molecule has 0 aliphatic carbocycles. The van der Waals surface area contributed by atoms with Crippen LogP contribution in [0.5, 0.6) is 0 Å². The molecular weight excluding hydrogens is 210 g/mol. The van der Waals surface area contributed by atoms with Gasteiger partial charge in [-0.1, -0.05) is 6.58 Å². The highest BCUT2D eigenvalue weighted by Gasteiger charge is 2.08. The van der Waals surface area contributed by atoms with Gasteiger partial charge in [0.05, 0.1) is 6.61 Å². The molecule has 3 nitrogen and oxygen atoms in total. The van der Waals surface area contributed by atoms with E-state index in [2.05, 4.69) is 25.1 Å². The first-order valence-electron chi connectivity index (χ1n) is 5.19. The lowest BCUT2D eigenvalue weighted by Crippen LogP contribution is -2.30. The molecule has 0 fully saturated rings. The molecule has 0 amide bonds. The minimum Gasteiger partial charge on any atom is -0.463 e. The summed E-state index contributed by atoms with van der Waals surface area (Å²) in [6.07, 6.45) is 3.18. The van der Waals surface area contributed by atoms with Gasteiger partial charge in [0.1, 0.15) is 0 Å². The third-order valence-electron chi connectivity index (χ3n) is 1.98. The quantitative estimate of drug-likeness (QED) is 0.511. The summed E-state index contributed by atoms with van der Waals surface area (Å²) in [6, 6.07) is 0.406. The van der Waals surface area contributed by atoms with Gasteiger partial charge in [-0.2, -0.15) is 11.8 Å². The molecule has 1 atom stereocenters. The van der Waals surface area contributed by atoms with Gasteiger partial charge in [-0.3, -0.25) is 0 Å². The van der Waals surface area contributed by atoms with Crippen LogP contribution in [0.15, 0.2) is 12.2 Å². The second-order valence-corrected chi connectivity index (χ2v) is 4.37. The third kappa shape index (κ3) is 7.45. The molecule has 0 radical (unpaired) electrons. The van der Waals surface area contributed by atoms with E-state index < -0.39 is 0 Å². The molecule has 0 aliphatic heterocycles. The first-order chi connectivity index (χ1) is 7.11. The summed E-state index contributed by atoms with van der Waals surface area (Å²) in [6.45, 7) is 8.49. The number of esters is 1. The van der Waals surface area contributed by atoms with E-state index in [1.54, 1.807) is 6.92 Å². The third-order valence-corrected chi connectivity index (χ3v) is 2.63.